The van der Waals surface area contributed by atoms with Gasteiger partial charge in [-0.3, -0.25) is 0 Å². The summed E-state index contributed by atoms with van der Waals surface area (Å²) in [6, 6.07) is 0. The summed E-state index contributed by atoms with van der Waals surface area (Å²) in [5.41, 5.74) is 0. The topological polar surface area (TPSA) is 36.9 Å². The smallest absolute Gasteiger partial charge is 0.461 e. The molecular formula is C8H18AlO4. The van der Waals surface area contributed by atoms with Crippen molar-refractivity contribution in [2.24, 2.45) is 0 Å². The summed E-state index contributed by atoms with van der Waals surface area (Å²) in [6.07, 6.45) is -0.373. The Morgan fingerprint density at radius 1 is 0.923 bits per heavy atom. The summed E-state index contributed by atoms with van der Waals surface area (Å²) < 4.78 is 20.8. The van der Waals surface area contributed by atoms with Gasteiger partial charge in [0.2, 0.25) is 0 Å². The highest BCUT2D eigenvalue weighted by Crippen LogP contribution is 1.95. The fourth-order valence-corrected chi connectivity index (χ4v) is 1.27. The van der Waals surface area contributed by atoms with Gasteiger partial charge in [-0.1, -0.05) is 0 Å². The van der Waals surface area contributed by atoms with Crippen LogP contribution in [0.4, 0.5) is 0 Å². The normalized spacial score (nSPS) is 15.4. The molecule has 0 heterocycles. The van der Waals surface area contributed by atoms with Crippen molar-refractivity contribution >= 4 is 15.9 Å². The van der Waals surface area contributed by atoms with Gasteiger partial charge in [0.25, 0.3) is 0 Å². The van der Waals surface area contributed by atoms with Crippen LogP contribution < -0.4 is 0 Å². The lowest BCUT2D eigenvalue weighted by Crippen LogP contribution is -2.22. The van der Waals surface area contributed by atoms with E-state index in [2.05, 4.69) is 0 Å². The summed E-state index contributed by atoms with van der Waals surface area (Å²) in [5.74, 6) is 0. The highest BCUT2D eigenvalue weighted by atomic mass is 27.2. The first-order valence-corrected chi connectivity index (χ1v) is 5.50. The van der Waals surface area contributed by atoms with Gasteiger partial charge in [0.1, 0.15) is 12.6 Å². The maximum atomic E-state index is 5.26. The standard InChI is InChI=1S/2C4H9O2.Al/c2*1-3-6-4(2)5;/h2*4H,3H2,1-2H3;/q2*-1;+2. The zero-order chi connectivity index (χ0) is 10.1. The number of hydrogen-bond donors (Lipinski definition) is 0. The number of hydrogen-bond acceptors (Lipinski definition) is 4. The molecule has 0 saturated heterocycles. The van der Waals surface area contributed by atoms with Crippen LogP contribution in [-0.4, -0.2) is 41.7 Å². The lowest BCUT2D eigenvalue weighted by molar-refractivity contribution is -0.103. The molecule has 0 aliphatic rings. The van der Waals surface area contributed by atoms with Crippen molar-refractivity contribution in [3.8, 4) is 0 Å². The van der Waals surface area contributed by atoms with Gasteiger partial charge in [-0.05, 0) is 27.7 Å². The van der Waals surface area contributed by atoms with Gasteiger partial charge in [0.05, 0.1) is 0 Å². The van der Waals surface area contributed by atoms with E-state index in [-0.39, 0.29) is 12.6 Å². The Morgan fingerprint density at radius 2 is 1.31 bits per heavy atom. The van der Waals surface area contributed by atoms with E-state index in [0.717, 1.165) is 0 Å². The maximum Gasteiger partial charge on any atom is 0.671 e. The van der Waals surface area contributed by atoms with Gasteiger partial charge in [-0.15, -0.1) is 0 Å². The molecule has 0 bridgehead atoms. The van der Waals surface area contributed by atoms with Crippen molar-refractivity contribution in [2.75, 3.05) is 13.2 Å². The second-order valence-corrected chi connectivity index (χ2v) is 3.15. The average Bonchev–Trinajstić information content (AvgIpc) is 2.05. The van der Waals surface area contributed by atoms with Gasteiger partial charge in [0, 0.05) is 13.2 Å². The molecule has 0 amide bonds. The van der Waals surface area contributed by atoms with E-state index in [0.29, 0.717) is 13.2 Å². The van der Waals surface area contributed by atoms with Gasteiger partial charge >= 0.3 is 15.9 Å². The minimum atomic E-state index is -0.506. The molecule has 0 aromatic carbocycles. The van der Waals surface area contributed by atoms with Crippen LogP contribution in [0.2, 0.25) is 0 Å². The first kappa shape index (κ1) is 13.4. The average molecular weight is 205 g/mol. The first-order chi connectivity index (χ1) is 6.20. The monoisotopic (exact) mass is 205 g/mol. The molecule has 0 saturated carbocycles. The molecule has 0 aliphatic heterocycles. The Kier molecular flexibility index (Phi) is 9.20. The number of ether oxygens (including phenoxy) is 2. The van der Waals surface area contributed by atoms with Crippen LogP contribution >= 0.6 is 0 Å². The van der Waals surface area contributed by atoms with E-state index in [9.17, 15) is 0 Å². The first-order valence-electron chi connectivity index (χ1n) is 4.56. The van der Waals surface area contributed by atoms with Gasteiger partial charge < -0.3 is 17.1 Å². The third-order valence-corrected chi connectivity index (χ3v) is 2.29. The highest BCUT2D eigenvalue weighted by Gasteiger charge is 2.08. The molecular weight excluding hydrogens is 187 g/mol. The molecule has 0 aromatic rings. The quantitative estimate of drug-likeness (QED) is 0.442. The summed E-state index contributed by atoms with van der Waals surface area (Å²) >= 11 is -0.506. The summed E-state index contributed by atoms with van der Waals surface area (Å²) in [6.45, 7) is 8.87. The molecule has 0 aromatic heterocycles. The lowest BCUT2D eigenvalue weighted by atomic mass is 10.7. The van der Waals surface area contributed by atoms with Crippen LogP contribution in [-0.2, 0) is 17.1 Å². The second-order valence-electron chi connectivity index (χ2n) is 2.41. The molecule has 4 nitrogen and oxygen atoms in total. The second kappa shape index (κ2) is 8.95. The summed E-state index contributed by atoms with van der Waals surface area (Å²) in [5, 5.41) is 0. The Morgan fingerprint density at radius 3 is 1.62 bits per heavy atom. The molecule has 0 N–H and O–H groups in total. The molecule has 77 valence electrons. The molecule has 0 fully saturated rings. The van der Waals surface area contributed by atoms with Gasteiger partial charge in [-0.2, -0.15) is 0 Å². The van der Waals surface area contributed by atoms with Crippen molar-refractivity contribution in [3.05, 3.63) is 0 Å². The SMILES string of the molecule is CCOC(C)[O][Al][O]C(C)OCC. The van der Waals surface area contributed by atoms with E-state index in [1.54, 1.807) is 0 Å². The molecule has 2 unspecified atom stereocenters. The van der Waals surface area contributed by atoms with Crippen LogP contribution in [0.15, 0.2) is 0 Å². The van der Waals surface area contributed by atoms with Crippen LogP contribution in [0.3, 0.4) is 0 Å². The zero-order valence-corrected chi connectivity index (χ0v) is 9.93. The fourth-order valence-electron chi connectivity index (χ4n) is 0.737. The molecule has 5 heteroatoms. The predicted molar refractivity (Wildman–Crippen MR) is 50.1 cm³/mol. The molecule has 0 rings (SSSR count). The van der Waals surface area contributed by atoms with E-state index < -0.39 is 15.9 Å². The van der Waals surface area contributed by atoms with E-state index >= 15 is 0 Å². The van der Waals surface area contributed by atoms with Crippen molar-refractivity contribution in [2.45, 2.75) is 40.3 Å². The minimum Gasteiger partial charge on any atom is -0.461 e. The van der Waals surface area contributed by atoms with Crippen LogP contribution in [0.1, 0.15) is 27.7 Å². The van der Waals surface area contributed by atoms with Crippen molar-refractivity contribution in [1.29, 1.82) is 0 Å². The summed E-state index contributed by atoms with van der Waals surface area (Å²) in [7, 11) is 0. The Labute approximate surface area is 86.9 Å². The molecule has 0 aliphatic carbocycles. The highest BCUT2D eigenvalue weighted by molar-refractivity contribution is 6.18. The Bertz CT molecular complexity index is 100. The van der Waals surface area contributed by atoms with Crippen molar-refractivity contribution < 1.29 is 17.1 Å². The maximum absolute atomic E-state index is 5.26. The zero-order valence-electron chi connectivity index (χ0n) is 8.78. The fraction of sp³-hybridized carbons (Fsp3) is 1.00. The Balaban J connectivity index is 3.23. The molecule has 0 spiro atoms. The van der Waals surface area contributed by atoms with E-state index in [4.69, 9.17) is 17.1 Å². The summed E-state index contributed by atoms with van der Waals surface area (Å²) in [4.78, 5) is 0. The predicted octanol–water partition coefficient (Wildman–Crippen LogP) is 1.32. The lowest BCUT2D eigenvalue weighted by Gasteiger charge is -2.16. The van der Waals surface area contributed by atoms with Gasteiger partial charge in [0.15, 0.2) is 0 Å². The van der Waals surface area contributed by atoms with Crippen LogP contribution in [0.25, 0.3) is 0 Å². The Hall–Kier alpha value is 0.372. The van der Waals surface area contributed by atoms with Crippen LogP contribution in [0, 0.1) is 0 Å². The van der Waals surface area contributed by atoms with E-state index in [1.807, 2.05) is 27.7 Å². The molecule has 13 heavy (non-hydrogen) atoms. The largest absolute Gasteiger partial charge is 0.671 e. The molecule has 1 radical (unpaired) electrons. The van der Waals surface area contributed by atoms with Crippen molar-refractivity contribution in [3.63, 3.8) is 0 Å². The third kappa shape index (κ3) is 8.70. The number of rotatable bonds is 8. The van der Waals surface area contributed by atoms with Crippen LogP contribution in [0.5, 0.6) is 0 Å². The van der Waals surface area contributed by atoms with Gasteiger partial charge in [-0.25, -0.2) is 0 Å². The minimum absolute atomic E-state index is 0.186. The van der Waals surface area contributed by atoms with Crippen molar-refractivity contribution in [1.82, 2.24) is 0 Å². The third-order valence-electron chi connectivity index (χ3n) is 1.30. The molecule has 2 atom stereocenters. The van der Waals surface area contributed by atoms with E-state index in [1.165, 1.54) is 0 Å².